The van der Waals surface area contributed by atoms with E-state index in [0.717, 1.165) is 30.5 Å². The van der Waals surface area contributed by atoms with Gasteiger partial charge in [-0.05, 0) is 68.1 Å². The molecule has 4 rings (SSSR count). The Kier molecular flexibility index (Phi) is 10.7. The second-order valence-corrected chi connectivity index (χ2v) is 13.7. The van der Waals surface area contributed by atoms with Crippen LogP contribution >= 0.6 is 23.4 Å². The van der Waals surface area contributed by atoms with Crippen LogP contribution in [0.4, 0.5) is 11.4 Å². The minimum Gasteiger partial charge on any atom is -0.325 e. The largest absolute Gasteiger partial charge is 0.325 e. The van der Waals surface area contributed by atoms with Gasteiger partial charge in [0.05, 0.1) is 21.4 Å². The van der Waals surface area contributed by atoms with Crippen molar-refractivity contribution in [1.82, 2.24) is 14.8 Å². The quantitative estimate of drug-likeness (QED) is 0.147. The number of nitrogens with zero attached hydrogens (tertiary/aromatic N) is 3. The molecule has 0 spiro atoms. The van der Waals surface area contributed by atoms with E-state index in [2.05, 4.69) is 41.0 Å². The van der Waals surface area contributed by atoms with Crippen LogP contribution in [-0.4, -0.2) is 34.8 Å². The third-order valence-corrected chi connectivity index (χ3v) is 9.30. The molecule has 1 aromatic heterocycles. The second-order valence-electron chi connectivity index (χ2n) is 10.7. The Morgan fingerprint density at radius 1 is 0.976 bits per heavy atom. The number of carbonyl (C=O) groups is 1. The first-order valence-corrected chi connectivity index (χ1v) is 16.7. The van der Waals surface area contributed by atoms with E-state index in [-0.39, 0.29) is 22.6 Å². The first-order valence-electron chi connectivity index (χ1n) is 13.9. The Morgan fingerprint density at radius 3 is 2.48 bits per heavy atom. The molecule has 1 amide bonds. The number of para-hydroxylation sites is 1. The van der Waals surface area contributed by atoms with Gasteiger partial charge in [0, 0.05) is 17.3 Å². The minimum absolute atomic E-state index is 0.0256. The molecule has 4 aromatic rings. The number of anilines is 2. The highest BCUT2D eigenvalue weighted by atomic mass is 35.5. The molecule has 11 heteroatoms. The normalized spacial score (nSPS) is 12.3. The molecule has 3 aromatic carbocycles. The van der Waals surface area contributed by atoms with Crippen molar-refractivity contribution < 1.29 is 13.2 Å². The lowest BCUT2D eigenvalue weighted by molar-refractivity contribution is -0.113. The molecule has 2 N–H and O–H groups in total. The lowest BCUT2D eigenvalue weighted by atomic mass is 10.0. The molecule has 0 aliphatic carbocycles. The summed E-state index contributed by atoms with van der Waals surface area (Å²) in [5.41, 5.74) is 2.71. The molecule has 0 aliphatic rings. The number of sulfonamides is 1. The smallest absolute Gasteiger partial charge is 0.261 e. The summed E-state index contributed by atoms with van der Waals surface area (Å²) in [6.45, 7) is 8.48. The van der Waals surface area contributed by atoms with Crippen molar-refractivity contribution in [2.24, 2.45) is 5.92 Å². The van der Waals surface area contributed by atoms with E-state index in [1.807, 2.05) is 41.8 Å². The molecule has 42 heavy (non-hydrogen) atoms. The summed E-state index contributed by atoms with van der Waals surface area (Å²) in [5, 5.41) is 12.7. The average Bonchev–Trinajstić information content (AvgIpc) is 3.37. The fourth-order valence-electron chi connectivity index (χ4n) is 4.52. The van der Waals surface area contributed by atoms with Gasteiger partial charge in [-0.3, -0.25) is 14.1 Å². The van der Waals surface area contributed by atoms with E-state index < -0.39 is 10.0 Å². The van der Waals surface area contributed by atoms with Gasteiger partial charge in [-0.1, -0.05) is 86.5 Å². The number of nitrogens with one attached hydrogen (secondary N) is 2. The molecule has 0 saturated heterocycles. The van der Waals surface area contributed by atoms with E-state index in [1.54, 1.807) is 36.4 Å². The van der Waals surface area contributed by atoms with Gasteiger partial charge in [-0.2, -0.15) is 0 Å². The highest BCUT2D eigenvalue weighted by Crippen LogP contribution is 2.32. The predicted octanol–water partition coefficient (Wildman–Crippen LogP) is 7.83. The van der Waals surface area contributed by atoms with Crippen LogP contribution in [0, 0.1) is 12.8 Å². The van der Waals surface area contributed by atoms with Crippen LogP contribution in [0.2, 0.25) is 5.02 Å². The molecule has 8 nitrogen and oxygen atoms in total. The van der Waals surface area contributed by atoms with E-state index in [0.29, 0.717) is 33.2 Å². The van der Waals surface area contributed by atoms with Crippen molar-refractivity contribution in [1.29, 1.82) is 0 Å². The fourth-order valence-corrected chi connectivity index (χ4v) is 6.72. The summed E-state index contributed by atoms with van der Waals surface area (Å²) in [4.78, 5) is 12.8. The number of hydrogen-bond donors (Lipinski definition) is 2. The number of aryl methyl sites for hydroxylation is 1. The summed E-state index contributed by atoms with van der Waals surface area (Å²) >= 11 is 7.50. The summed E-state index contributed by atoms with van der Waals surface area (Å²) in [6, 6.07) is 21.0. The Balaban J connectivity index is 1.60. The van der Waals surface area contributed by atoms with Gasteiger partial charge < -0.3 is 5.32 Å². The maximum atomic E-state index is 13.3. The lowest BCUT2D eigenvalue weighted by Crippen LogP contribution is -2.15. The van der Waals surface area contributed by atoms with Gasteiger partial charge in [0.2, 0.25) is 5.91 Å². The van der Waals surface area contributed by atoms with Crippen molar-refractivity contribution in [3.8, 4) is 11.4 Å². The molecular weight excluding hydrogens is 590 g/mol. The number of benzene rings is 3. The topological polar surface area (TPSA) is 106 Å². The van der Waals surface area contributed by atoms with Crippen molar-refractivity contribution in [2.75, 3.05) is 15.8 Å². The van der Waals surface area contributed by atoms with Crippen LogP contribution in [0.25, 0.3) is 11.4 Å². The van der Waals surface area contributed by atoms with Crippen LogP contribution in [0.15, 0.2) is 82.8 Å². The molecule has 0 saturated carbocycles. The van der Waals surface area contributed by atoms with Gasteiger partial charge in [0.25, 0.3) is 10.0 Å². The van der Waals surface area contributed by atoms with Crippen molar-refractivity contribution in [3.63, 3.8) is 0 Å². The highest BCUT2D eigenvalue weighted by molar-refractivity contribution is 7.99. The standard InChI is InChI=1S/C31H36ClN5O3S2/c1-21(2)10-7-12-23(4)37-30(34-35-31(37)41-20-29(38)33-25-14-8-11-22(3)18-25)24-13-9-15-26(19-24)42(39,40)36-28-17-6-5-16-27(28)32/h5-6,8-9,11,13-19,21,23,36H,7,10,12,20H2,1-4H3,(H,33,38). The number of carbonyl (C=O) groups excluding carboxylic acids is 1. The van der Waals surface area contributed by atoms with Gasteiger partial charge in [-0.15, -0.1) is 10.2 Å². The zero-order valence-electron chi connectivity index (χ0n) is 24.2. The van der Waals surface area contributed by atoms with E-state index in [4.69, 9.17) is 11.6 Å². The van der Waals surface area contributed by atoms with Gasteiger partial charge in [-0.25, -0.2) is 8.42 Å². The maximum absolute atomic E-state index is 13.3. The summed E-state index contributed by atoms with van der Waals surface area (Å²) in [7, 11) is -3.92. The maximum Gasteiger partial charge on any atom is 0.261 e. The molecule has 1 atom stereocenters. The SMILES string of the molecule is Cc1cccc(NC(=O)CSc2nnc(-c3cccc(S(=O)(=O)Nc4ccccc4Cl)c3)n2C(C)CCCC(C)C)c1. The summed E-state index contributed by atoms with van der Waals surface area (Å²) < 4.78 is 31.1. The zero-order chi connectivity index (χ0) is 30.3. The third kappa shape index (κ3) is 8.36. The lowest BCUT2D eigenvalue weighted by Gasteiger charge is -2.19. The predicted molar refractivity (Wildman–Crippen MR) is 172 cm³/mol. The molecule has 0 bridgehead atoms. The average molecular weight is 626 g/mol. The van der Waals surface area contributed by atoms with Crippen LogP contribution in [0.3, 0.4) is 0 Å². The third-order valence-electron chi connectivity index (χ3n) is 6.66. The number of thioether (sulfide) groups is 1. The molecule has 222 valence electrons. The van der Waals surface area contributed by atoms with Crippen LogP contribution in [0.5, 0.6) is 0 Å². The van der Waals surface area contributed by atoms with Gasteiger partial charge >= 0.3 is 0 Å². The monoisotopic (exact) mass is 625 g/mol. The second kappa shape index (κ2) is 14.2. The highest BCUT2D eigenvalue weighted by Gasteiger charge is 2.22. The van der Waals surface area contributed by atoms with Gasteiger partial charge in [0.1, 0.15) is 0 Å². The molecule has 1 unspecified atom stereocenters. The number of amides is 1. The van der Waals surface area contributed by atoms with Crippen molar-refractivity contribution >= 4 is 50.7 Å². The molecular formula is C31H36ClN5O3S2. The first-order chi connectivity index (χ1) is 20.0. The van der Waals surface area contributed by atoms with Crippen LogP contribution in [-0.2, 0) is 14.8 Å². The Bertz CT molecular complexity index is 1640. The van der Waals surface area contributed by atoms with E-state index in [1.165, 1.54) is 17.8 Å². The number of halogens is 1. The molecule has 0 fully saturated rings. The Labute approximate surface area is 257 Å². The Hall–Kier alpha value is -3.34. The summed E-state index contributed by atoms with van der Waals surface area (Å²) in [5.74, 6) is 1.14. The number of hydrogen-bond acceptors (Lipinski definition) is 6. The number of rotatable bonds is 13. The fraction of sp³-hybridized carbons (Fsp3) is 0.323. The van der Waals surface area contributed by atoms with Crippen molar-refractivity contribution in [3.05, 3.63) is 83.4 Å². The first kappa shape index (κ1) is 31.6. The zero-order valence-corrected chi connectivity index (χ0v) is 26.6. The van der Waals surface area contributed by atoms with Crippen LogP contribution in [0.1, 0.15) is 51.6 Å². The van der Waals surface area contributed by atoms with Crippen molar-refractivity contribution in [2.45, 2.75) is 63.1 Å². The summed E-state index contributed by atoms with van der Waals surface area (Å²) in [6.07, 6.45) is 2.99. The van der Waals surface area contributed by atoms with Gasteiger partial charge in [0.15, 0.2) is 11.0 Å². The molecule has 0 aliphatic heterocycles. The van der Waals surface area contributed by atoms with E-state index >= 15 is 0 Å². The molecule has 1 heterocycles. The Morgan fingerprint density at radius 2 is 1.74 bits per heavy atom. The minimum atomic E-state index is -3.92. The molecule has 0 radical (unpaired) electrons. The van der Waals surface area contributed by atoms with Crippen LogP contribution < -0.4 is 10.0 Å². The number of aromatic nitrogens is 3. The van der Waals surface area contributed by atoms with E-state index in [9.17, 15) is 13.2 Å².